The van der Waals surface area contributed by atoms with Crippen LogP contribution in [0.5, 0.6) is 0 Å². The second-order valence-electron chi connectivity index (χ2n) is 4.00. The summed E-state index contributed by atoms with van der Waals surface area (Å²) in [6.07, 6.45) is 5.25. The number of carbonyl (C=O) groups is 1. The van der Waals surface area contributed by atoms with E-state index in [0.29, 0.717) is 6.42 Å². The smallest absolute Gasteiger partial charge is 0.120 e. The Bertz CT molecular complexity index is 505. The molecule has 0 saturated heterocycles. The molecule has 1 heterocycles. The Morgan fingerprint density at radius 3 is 3.00 bits per heavy atom. The van der Waals surface area contributed by atoms with Gasteiger partial charge in [0.05, 0.1) is 5.52 Å². The summed E-state index contributed by atoms with van der Waals surface area (Å²) in [4.78, 5) is 14.7. The van der Waals surface area contributed by atoms with E-state index in [1.165, 1.54) is 16.5 Å². The lowest BCUT2D eigenvalue weighted by Crippen LogP contribution is -1.92. The number of benzene rings is 1. The summed E-state index contributed by atoms with van der Waals surface area (Å²) < 4.78 is 0. The molecule has 82 valence electrons. The number of unbranched alkanes of at least 4 members (excludes halogenated alkanes) is 1. The molecule has 2 rings (SSSR count). The summed E-state index contributed by atoms with van der Waals surface area (Å²) >= 11 is 0. The van der Waals surface area contributed by atoms with E-state index in [2.05, 4.69) is 30.1 Å². The highest BCUT2D eigenvalue weighted by Crippen LogP contribution is 2.21. The summed E-state index contributed by atoms with van der Waals surface area (Å²) in [6.45, 7) is 2.10. The van der Waals surface area contributed by atoms with Gasteiger partial charge in [-0.2, -0.15) is 0 Å². The third kappa shape index (κ3) is 2.11. The van der Waals surface area contributed by atoms with Gasteiger partial charge in [-0.3, -0.25) is 4.98 Å². The second-order valence-corrected chi connectivity index (χ2v) is 4.00. The molecule has 1 aromatic carbocycles. The highest BCUT2D eigenvalue weighted by Gasteiger charge is 2.03. The minimum Gasteiger partial charge on any atom is -0.303 e. The zero-order chi connectivity index (χ0) is 11.4. The number of hydrogen-bond donors (Lipinski definition) is 0. The van der Waals surface area contributed by atoms with Gasteiger partial charge in [0, 0.05) is 18.0 Å². The maximum atomic E-state index is 10.3. The van der Waals surface area contributed by atoms with Crippen LogP contribution in [0.2, 0.25) is 0 Å². The molecule has 0 fully saturated rings. The Balaban J connectivity index is 2.38. The number of hydrogen-bond acceptors (Lipinski definition) is 2. The fraction of sp³-hybridized carbons (Fsp3) is 0.286. The third-order valence-electron chi connectivity index (χ3n) is 2.84. The molecular formula is C14H15NO. The summed E-state index contributed by atoms with van der Waals surface area (Å²) in [7, 11) is 0. The average molecular weight is 213 g/mol. The fourth-order valence-electron chi connectivity index (χ4n) is 1.95. The molecule has 2 heteroatoms. The Hall–Kier alpha value is -1.70. The molecule has 0 atom stereocenters. The molecule has 2 nitrogen and oxygen atoms in total. The van der Waals surface area contributed by atoms with Crippen LogP contribution < -0.4 is 0 Å². The van der Waals surface area contributed by atoms with E-state index < -0.39 is 0 Å². The van der Waals surface area contributed by atoms with E-state index >= 15 is 0 Å². The molecule has 0 spiro atoms. The van der Waals surface area contributed by atoms with Crippen molar-refractivity contribution in [2.75, 3.05) is 0 Å². The van der Waals surface area contributed by atoms with Crippen molar-refractivity contribution in [3.05, 3.63) is 41.6 Å². The van der Waals surface area contributed by atoms with Gasteiger partial charge >= 0.3 is 0 Å². The van der Waals surface area contributed by atoms with Crippen molar-refractivity contribution in [3.63, 3.8) is 0 Å². The fourth-order valence-corrected chi connectivity index (χ4v) is 1.95. The van der Waals surface area contributed by atoms with Crippen LogP contribution in [0.25, 0.3) is 10.9 Å². The molecule has 2 aromatic rings. The van der Waals surface area contributed by atoms with Crippen LogP contribution >= 0.6 is 0 Å². The first-order valence-electron chi connectivity index (χ1n) is 5.60. The molecule has 0 N–H and O–H groups in total. The standard InChI is InChI=1S/C14H15NO/c1-11-7-8-12(5-2-3-10-16)14-13(11)6-4-9-15-14/h4,6-10H,2-3,5H2,1H3. The number of aromatic nitrogens is 1. The van der Waals surface area contributed by atoms with Gasteiger partial charge in [0.1, 0.15) is 6.29 Å². The Morgan fingerprint density at radius 1 is 1.31 bits per heavy atom. The van der Waals surface area contributed by atoms with Crippen molar-refractivity contribution in [1.82, 2.24) is 4.98 Å². The normalized spacial score (nSPS) is 10.6. The Kier molecular flexibility index (Phi) is 3.30. The predicted octanol–water partition coefficient (Wildman–Crippen LogP) is 3.06. The number of carbonyl (C=O) groups excluding carboxylic acids is 1. The van der Waals surface area contributed by atoms with Crippen molar-refractivity contribution >= 4 is 17.2 Å². The first-order chi connectivity index (χ1) is 7.83. The van der Waals surface area contributed by atoms with Gasteiger partial charge in [-0.05, 0) is 37.0 Å². The molecule has 0 saturated carbocycles. The largest absolute Gasteiger partial charge is 0.303 e. The predicted molar refractivity (Wildman–Crippen MR) is 65.5 cm³/mol. The van der Waals surface area contributed by atoms with Crippen molar-refractivity contribution in [2.24, 2.45) is 0 Å². The molecule has 0 aliphatic rings. The van der Waals surface area contributed by atoms with E-state index in [0.717, 1.165) is 24.6 Å². The van der Waals surface area contributed by atoms with E-state index in [-0.39, 0.29) is 0 Å². The van der Waals surface area contributed by atoms with Crippen LogP contribution in [0.15, 0.2) is 30.5 Å². The van der Waals surface area contributed by atoms with E-state index in [1.807, 2.05) is 12.3 Å². The minimum absolute atomic E-state index is 0.627. The van der Waals surface area contributed by atoms with Gasteiger partial charge in [-0.1, -0.05) is 18.2 Å². The maximum absolute atomic E-state index is 10.3. The van der Waals surface area contributed by atoms with Gasteiger partial charge in [-0.25, -0.2) is 0 Å². The van der Waals surface area contributed by atoms with E-state index in [9.17, 15) is 4.79 Å². The molecule has 0 radical (unpaired) electrons. The first kappa shape index (κ1) is 10.8. The van der Waals surface area contributed by atoms with Gasteiger partial charge < -0.3 is 4.79 Å². The van der Waals surface area contributed by atoms with Crippen LogP contribution in [-0.4, -0.2) is 11.3 Å². The van der Waals surface area contributed by atoms with E-state index in [1.54, 1.807) is 0 Å². The van der Waals surface area contributed by atoms with Gasteiger partial charge in [0.2, 0.25) is 0 Å². The Labute approximate surface area is 95.3 Å². The topological polar surface area (TPSA) is 30.0 Å². The van der Waals surface area contributed by atoms with Crippen LogP contribution in [0.3, 0.4) is 0 Å². The van der Waals surface area contributed by atoms with Crippen LogP contribution in [-0.2, 0) is 11.2 Å². The Morgan fingerprint density at radius 2 is 2.19 bits per heavy atom. The molecule has 0 aliphatic carbocycles. The number of aldehydes is 1. The zero-order valence-electron chi connectivity index (χ0n) is 9.44. The summed E-state index contributed by atoms with van der Waals surface area (Å²) in [5.74, 6) is 0. The molecule has 16 heavy (non-hydrogen) atoms. The zero-order valence-corrected chi connectivity index (χ0v) is 9.44. The number of nitrogens with zero attached hydrogens (tertiary/aromatic N) is 1. The lowest BCUT2D eigenvalue weighted by Gasteiger charge is -2.06. The second kappa shape index (κ2) is 4.88. The number of aryl methyl sites for hydroxylation is 2. The quantitative estimate of drug-likeness (QED) is 0.577. The number of rotatable bonds is 4. The van der Waals surface area contributed by atoms with Crippen LogP contribution in [0, 0.1) is 6.92 Å². The lowest BCUT2D eigenvalue weighted by molar-refractivity contribution is -0.107. The van der Waals surface area contributed by atoms with Crippen molar-refractivity contribution in [2.45, 2.75) is 26.2 Å². The highest BCUT2D eigenvalue weighted by molar-refractivity contribution is 5.84. The first-order valence-corrected chi connectivity index (χ1v) is 5.60. The summed E-state index contributed by atoms with van der Waals surface area (Å²) in [5.41, 5.74) is 3.57. The van der Waals surface area contributed by atoms with Crippen LogP contribution in [0.1, 0.15) is 24.0 Å². The van der Waals surface area contributed by atoms with Crippen molar-refractivity contribution in [1.29, 1.82) is 0 Å². The number of fused-ring (bicyclic) bond motifs is 1. The van der Waals surface area contributed by atoms with Gasteiger partial charge in [-0.15, -0.1) is 0 Å². The average Bonchev–Trinajstić information content (AvgIpc) is 2.33. The number of pyridine rings is 1. The monoisotopic (exact) mass is 213 g/mol. The van der Waals surface area contributed by atoms with Crippen molar-refractivity contribution < 1.29 is 4.79 Å². The third-order valence-corrected chi connectivity index (χ3v) is 2.84. The molecule has 0 bridgehead atoms. The van der Waals surface area contributed by atoms with Crippen molar-refractivity contribution in [3.8, 4) is 0 Å². The maximum Gasteiger partial charge on any atom is 0.120 e. The SMILES string of the molecule is Cc1ccc(CCCC=O)c2ncccc12. The molecule has 0 amide bonds. The summed E-state index contributed by atoms with van der Waals surface area (Å²) in [5, 5.41) is 1.21. The molecule has 0 unspecified atom stereocenters. The molecular weight excluding hydrogens is 198 g/mol. The molecule has 1 aromatic heterocycles. The highest BCUT2D eigenvalue weighted by atomic mass is 16.1. The molecule has 0 aliphatic heterocycles. The summed E-state index contributed by atoms with van der Waals surface area (Å²) in [6, 6.07) is 8.31. The lowest BCUT2D eigenvalue weighted by atomic mass is 10.0. The van der Waals surface area contributed by atoms with E-state index in [4.69, 9.17) is 0 Å². The van der Waals surface area contributed by atoms with Gasteiger partial charge in [0.25, 0.3) is 0 Å². The van der Waals surface area contributed by atoms with Crippen LogP contribution in [0.4, 0.5) is 0 Å². The minimum atomic E-state index is 0.627. The van der Waals surface area contributed by atoms with Gasteiger partial charge in [0.15, 0.2) is 0 Å².